The fourth-order valence-electron chi connectivity index (χ4n) is 8.00. The first-order valence-corrected chi connectivity index (χ1v) is 11.2. The lowest BCUT2D eigenvalue weighted by molar-refractivity contribution is -0.166. The van der Waals surface area contributed by atoms with Crippen LogP contribution in [0.3, 0.4) is 0 Å². The molecule has 6 nitrogen and oxygen atoms in total. The Hall–Kier alpha value is -1.50. The van der Waals surface area contributed by atoms with Crippen molar-refractivity contribution in [1.82, 2.24) is 0 Å². The summed E-state index contributed by atoms with van der Waals surface area (Å²) in [4.78, 5) is 25.0. The first-order chi connectivity index (χ1) is 13.9. The van der Waals surface area contributed by atoms with Gasteiger partial charge in [-0.2, -0.15) is 0 Å². The van der Waals surface area contributed by atoms with Gasteiger partial charge in [0.15, 0.2) is 5.78 Å². The highest BCUT2D eigenvalue weighted by Crippen LogP contribution is 2.68. The number of ether oxygens (including phenoxy) is 1. The molecule has 0 aromatic rings. The number of ketones is 1. The minimum atomic E-state index is -1.14. The molecule has 1 heterocycles. The van der Waals surface area contributed by atoms with E-state index in [0.29, 0.717) is 19.3 Å². The van der Waals surface area contributed by atoms with Gasteiger partial charge in [-0.1, -0.05) is 13.8 Å². The van der Waals surface area contributed by atoms with Crippen LogP contribution in [0, 0.1) is 28.6 Å². The van der Waals surface area contributed by atoms with Gasteiger partial charge in [-0.05, 0) is 74.5 Å². The largest absolute Gasteiger partial charge is 0.452 e. The number of rotatable bonds is 1. The fraction of sp³-hybridized carbons (Fsp3) is 0.750. The van der Waals surface area contributed by atoms with Crippen LogP contribution < -0.4 is 0 Å². The third kappa shape index (κ3) is 2.36. The van der Waals surface area contributed by atoms with Crippen LogP contribution in [0.25, 0.3) is 0 Å². The summed E-state index contributed by atoms with van der Waals surface area (Å²) in [5, 5.41) is 32.7. The first kappa shape index (κ1) is 20.4. The average Bonchev–Trinajstić information content (AvgIpc) is 3.15. The second-order valence-corrected chi connectivity index (χ2v) is 11.0. The lowest BCUT2D eigenvalue weighted by Gasteiger charge is -2.60. The molecule has 0 aromatic carbocycles. The molecule has 0 aromatic heterocycles. The monoisotopic (exact) mass is 416 g/mol. The number of allylic oxidation sites excluding steroid dienone is 1. The molecule has 3 saturated carbocycles. The molecule has 1 aliphatic heterocycles. The molecule has 5 rings (SSSR count). The average molecular weight is 417 g/mol. The molecular formula is C24H32O6. The van der Waals surface area contributed by atoms with Gasteiger partial charge in [0.1, 0.15) is 5.60 Å². The van der Waals surface area contributed by atoms with Crippen LogP contribution in [-0.2, 0) is 14.3 Å². The van der Waals surface area contributed by atoms with Gasteiger partial charge in [-0.25, -0.2) is 4.79 Å². The Labute approximate surface area is 177 Å². The Kier molecular flexibility index (Phi) is 4.11. The molecular weight excluding hydrogens is 384 g/mol. The van der Waals surface area contributed by atoms with Gasteiger partial charge in [-0.3, -0.25) is 4.79 Å². The van der Waals surface area contributed by atoms with Crippen molar-refractivity contribution in [3.63, 3.8) is 0 Å². The number of fused-ring (bicyclic) bond motifs is 5. The zero-order chi connectivity index (χ0) is 21.7. The SMILES string of the molecule is C[C@]12C[C@H](O)[C@H](O)C[C@H]1C(=O)C=C1[C@@H]2CC[C@]2(C)[C@@H]([C@@]3(C)C=CC(=O)O3)CC[C@@]12O. The summed E-state index contributed by atoms with van der Waals surface area (Å²) >= 11 is 0. The van der Waals surface area contributed by atoms with E-state index >= 15 is 0 Å². The standard InChI is InChI=1S/C24H32O6/c1-21-12-18(27)17(26)11-15(21)16(25)10-14-13(21)4-7-22(2)19(5-9-24(14,22)29)23(3)8-6-20(28)30-23/h6,8,10,13,15,17-19,26-27,29H,4-5,7,9,11-12H2,1-3H3/t13-,15-,17+,18-,19-,21+,22+,23+,24+/m0/s1. The highest BCUT2D eigenvalue weighted by atomic mass is 16.6. The van der Waals surface area contributed by atoms with Gasteiger partial charge in [0, 0.05) is 23.3 Å². The number of carbonyl (C=O) groups excluding carboxylic acids is 2. The molecule has 6 heteroatoms. The lowest BCUT2D eigenvalue weighted by atomic mass is 9.45. The van der Waals surface area contributed by atoms with Crippen molar-refractivity contribution >= 4 is 11.8 Å². The highest BCUT2D eigenvalue weighted by molar-refractivity contribution is 5.95. The third-order valence-corrected chi connectivity index (χ3v) is 9.68. The van der Waals surface area contributed by atoms with Gasteiger partial charge < -0.3 is 20.1 Å². The summed E-state index contributed by atoms with van der Waals surface area (Å²) in [6.07, 6.45) is 6.64. The maximum atomic E-state index is 13.2. The van der Waals surface area contributed by atoms with Crippen LogP contribution in [0.2, 0.25) is 0 Å². The van der Waals surface area contributed by atoms with Crippen molar-refractivity contribution in [2.75, 3.05) is 0 Å². The molecule has 164 valence electrons. The minimum absolute atomic E-state index is 0.00588. The summed E-state index contributed by atoms with van der Waals surface area (Å²) in [7, 11) is 0. The van der Waals surface area contributed by atoms with Gasteiger partial charge >= 0.3 is 5.97 Å². The van der Waals surface area contributed by atoms with Crippen molar-refractivity contribution in [3.8, 4) is 0 Å². The Morgan fingerprint density at radius 1 is 1.03 bits per heavy atom. The Balaban J connectivity index is 1.56. The van der Waals surface area contributed by atoms with E-state index in [9.17, 15) is 24.9 Å². The number of carbonyl (C=O) groups is 2. The Morgan fingerprint density at radius 2 is 1.77 bits per heavy atom. The summed E-state index contributed by atoms with van der Waals surface area (Å²) < 4.78 is 5.67. The molecule has 0 radical (unpaired) electrons. The van der Waals surface area contributed by atoms with E-state index in [1.807, 2.05) is 19.9 Å². The summed E-state index contributed by atoms with van der Waals surface area (Å²) in [6.45, 7) is 6.04. The number of hydrogen-bond donors (Lipinski definition) is 3. The van der Waals surface area contributed by atoms with Crippen LogP contribution in [0.1, 0.15) is 59.3 Å². The maximum Gasteiger partial charge on any atom is 0.331 e. The third-order valence-electron chi connectivity index (χ3n) is 9.68. The van der Waals surface area contributed by atoms with Crippen molar-refractivity contribution < 1.29 is 29.6 Å². The zero-order valence-electron chi connectivity index (χ0n) is 17.9. The first-order valence-electron chi connectivity index (χ1n) is 11.2. The van der Waals surface area contributed by atoms with E-state index in [2.05, 4.69) is 6.92 Å². The fourth-order valence-corrected chi connectivity index (χ4v) is 8.00. The predicted molar refractivity (Wildman–Crippen MR) is 108 cm³/mol. The normalized spacial score (nSPS) is 54.9. The maximum absolute atomic E-state index is 13.2. The van der Waals surface area contributed by atoms with Gasteiger partial charge in [0.05, 0.1) is 17.8 Å². The van der Waals surface area contributed by atoms with Crippen LogP contribution in [0.5, 0.6) is 0 Å². The number of aliphatic hydroxyl groups excluding tert-OH is 2. The molecule has 0 unspecified atom stereocenters. The van der Waals surface area contributed by atoms with Crippen LogP contribution in [0.15, 0.2) is 23.8 Å². The van der Waals surface area contributed by atoms with E-state index in [1.165, 1.54) is 6.08 Å². The number of esters is 1. The van der Waals surface area contributed by atoms with E-state index in [0.717, 1.165) is 18.4 Å². The quantitative estimate of drug-likeness (QED) is 0.566. The van der Waals surface area contributed by atoms with Gasteiger partial charge in [0.25, 0.3) is 0 Å². The van der Waals surface area contributed by atoms with Crippen molar-refractivity contribution in [1.29, 1.82) is 0 Å². The van der Waals surface area contributed by atoms with Crippen molar-refractivity contribution in [2.24, 2.45) is 28.6 Å². The zero-order valence-corrected chi connectivity index (χ0v) is 17.9. The molecule has 0 bridgehead atoms. The molecule has 3 N–H and O–H groups in total. The summed E-state index contributed by atoms with van der Waals surface area (Å²) in [5.74, 6) is -0.768. The van der Waals surface area contributed by atoms with E-state index < -0.39 is 34.2 Å². The molecule has 4 aliphatic carbocycles. The smallest absolute Gasteiger partial charge is 0.331 e. The van der Waals surface area contributed by atoms with Crippen LogP contribution in [-0.4, -0.2) is 50.5 Å². The summed E-state index contributed by atoms with van der Waals surface area (Å²) in [5.41, 5.74) is -2.09. The van der Waals surface area contributed by atoms with Crippen LogP contribution in [0.4, 0.5) is 0 Å². The second-order valence-electron chi connectivity index (χ2n) is 11.0. The lowest BCUT2D eigenvalue weighted by Crippen LogP contribution is -2.61. The minimum Gasteiger partial charge on any atom is -0.452 e. The topological polar surface area (TPSA) is 104 Å². The Morgan fingerprint density at radius 3 is 2.43 bits per heavy atom. The number of aliphatic hydroxyl groups is 3. The Bertz CT molecular complexity index is 877. The van der Waals surface area contributed by atoms with Crippen LogP contribution >= 0.6 is 0 Å². The predicted octanol–water partition coefficient (Wildman–Crippen LogP) is 2.06. The van der Waals surface area contributed by atoms with Crippen molar-refractivity contribution in [3.05, 3.63) is 23.8 Å². The second kappa shape index (κ2) is 6.05. The van der Waals surface area contributed by atoms with E-state index in [-0.39, 0.29) is 35.9 Å². The molecule has 30 heavy (non-hydrogen) atoms. The molecule has 3 fully saturated rings. The molecule has 9 atom stereocenters. The molecule has 0 spiro atoms. The van der Waals surface area contributed by atoms with E-state index in [4.69, 9.17) is 4.74 Å². The summed E-state index contributed by atoms with van der Waals surface area (Å²) in [6, 6.07) is 0. The number of cyclic esters (lactones) is 1. The van der Waals surface area contributed by atoms with Gasteiger partial charge in [0.2, 0.25) is 0 Å². The molecule has 0 saturated heterocycles. The molecule has 0 amide bonds. The van der Waals surface area contributed by atoms with E-state index in [1.54, 1.807) is 6.08 Å². The number of hydrogen-bond acceptors (Lipinski definition) is 6. The van der Waals surface area contributed by atoms with Crippen molar-refractivity contribution in [2.45, 2.75) is 82.7 Å². The molecule has 5 aliphatic rings. The highest BCUT2D eigenvalue weighted by Gasteiger charge is 2.69. The van der Waals surface area contributed by atoms with Gasteiger partial charge in [-0.15, -0.1) is 0 Å².